The molecule has 2 aliphatic heterocycles. The van der Waals surface area contributed by atoms with Crippen molar-refractivity contribution in [2.24, 2.45) is 0 Å². The van der Waals surface area contributed by atoms with Crippen molar-refractivity contribution in [3.05, 3.63) is 10.2 Å². The molecule has 2 N–H and O–H groups in total. The summed E-state index contributed by atoms with van der Waals surface area (Å²) in [6, 6.07) is 0.552. The van der Waals surface area contributed by atoms with Crippen molar-refractivity contribution in [3.63, 3.8) is 0 Å². The summed E-state index contributed by atoms with van der Waals surface area (Å²) in [6.07, 6.45) is 3.56. The van der Waals surface area contributed by atoms with E-state index in [1.54, 1.807) is 0 Å². The van der Waals surface area contributed by atoms with Gasteiger partial charge in [-0.3, -0.25) is 0 Å². The zero-order valence-corrected chi connectivity index (χ0v) is 11.8. The number of aromatic nitrogens is 2. The number of nitrogens with zero attached hydrogens (tertiary/aromatic N) is 2. The normalized spacial score (nSPS) is 25.4. The number of hydrogen-bond acceptors (Lipinski definition) is 3. The predicted molar refractivity (Wildman–Crippen MR) is 72.5 cm³/mol. The number of fused-ring (bicyclic) bond motifs is 1. The largest absolute Gasteiger partial charge is 0.367 e. The first-order valence-corrected chi connectivity index (χ1v) is 7.28. The summed E-state index contributed by atoms with van der Waals surface area (Å²) in [7, 11) is 0. The first kappa shape index (κ1) is 11.5. The van der Waals surface area contributed by atoms with E-state index in [0.717, 1.165) is 26.1 Å². The van der Waals surface area contributed by atoms with Gasteiger partial charge in [-0.2, -0.15) is 5.10 Å². The second kappa shape index (κ2) is 4.61. The minimum absolute atomic E-state index is 0.552. The first-order chi connectivity index (χ1) is 8.25. The summed E-state index contributed by atoms with van der Waals surface area (Å²) in [5, 5.41) is 11.7. The minimum atomic E-state index is 0.552. The van der Waals surface area contributed by atoms with Gasteiger partial charge in [0.1, 0.15) is 5.82 Å². The van der Waals surface area contributed by atoms with Gasteiger partial charge in [0, 0.05) is 18.5 Å². The highest BCUT2D eigenvalue weighted by atomic mass is 79.9. The molecule has 0 saturated carbocycles. The number of halogens is 1. The smallest absolute Gasteiger partial charge is 0.139 e. The second-order valence-corrected chi connectivity index (χ2v) is 5.92. The highest BCUT2D eigenvalue weighted by molar-refractivity contribution is 9.10. The molecule has 0 bridgehead atoms. The molecule has 17 heavy (non-hydrogen) atoms. The van der Waals surface area contributed by atoms with Crippen LogP contribution in [0, 0.1) is 0 Å². The van der Waals surface area contributed by atoms with Gasteiger partial charge in [-0.25, -0.2) is 4.68 Å². The molecule has 3 heterocycles. The number of aryl methyl sites for hydroxylation is 1. The van der Waals surface area contributed by atoms with E-state index in [9.17, 15) is 0 Å². The summed E-state index contributed by atoms with van der Waals surface area (Å²) in [4.78, 5) is 0. The molecule has 1 aromatic rings. The van der Waals surface area contributed by atoms with Crippen molar-refractivity contribution >= 4 is 21.7 Å². The molecule has 0 spiro atoms. The fourth-order valence-electron chi connectivity index (χ4n) is 2.74. The SMILES string of the molecule is CC1CCn2nc(C3CCNCC3)c(Br)c2N1. The average molecular weight is 299 g/mol. The zero-order valence-electron chi connectivity index (χ0n) is 10.2. The van der Waals surface area contributed by atoms with Gasteiger partial charge in [-0.15, -0.1) is 0 Å². The molecule has 0 amide bonds. The van der Waals surface area contributed by atoms with Crippen molar-refractivity contribution in [1.82, 2.24) is 15.1 Å². The Morgan fingerprint density at radius 3 is 2.82 bits per heavy atom. The van der Waals surface area contributed by atoms with Crippen molar-refractivity contribution in [1.29, 1.82) is 0 Å². The van der Waals surface area contributed by atoms with E-state index >= 15 is 0 Å². The van der Waals surface area contributed by atoms with E-state index in [1.807, 2.05) is 0 Å². The van der Waals surface area contributed by atoms with E-state index in [0.29, 0.717) is 12.0 Å². The van der Waals surface area contributed by atoms with E-state index in [-0.39, 0.29) is 0 Å². The standard InChI is InChI=1S/C12H19BrN4/c1-8-4-7-17-12(15-8)10(13)11(16-17)9-2-5-14-6-3-9/h8-9,14-15H,2-7H2,1H3. The van der Waals surface area contributed by atoms with Gasteiger partial charge in [0.25, 0.3) is 0 Å². The van der Waals surface area contributed by atoms with Crippen LogP contribution in [0.2, 0.25) is 0 Å². The molecule has 1 unspecified atom stereocenters. The van der Waals surface area contributed by atoms with E-state index < -0.39 is 0 Å². The monoisotopic (exact) mass is 298 g/mol. The predicted octanol–water partition coefficient (Wildman–Crippen LogP) is 2.32. The third-order valence-electron chi connectivity index (χ3n) is 3.80. The Balaban J connectivity index is 1.90. The number of piperidine rings is 1. The number of anilines is 1. The van der Waals surface area contributed by atoms with Crippen LogP contribution in [0.3, 0.4) is 0 Å². The summed E-state index contributed by atoms with van der Waals surface area (Å²) < 4.78 is 3.32. The third-order valence-corrected chi connectivity index (χ3v) is 4.58. The topological polar surface area (TPSA) is 41.9 Å². The maximum absolute atomic E-state index is 4.79. The van der Waals surface area contributed by atoms with Crippen LogP contribution in [0.4, 0.5) is 5.82 Å². The Hall–Kier alpha value is -0.550. The lowest BCUT2D eigenvalue weighted by atomic mass is 9.95. The van der Waals surface area contributed by atoms with Crippen LogP contribution in [0.25, 0.3) is 0 Å². The van der Waals surface area contributed by atoms with Crippen LogP contribution in [-0.4, -0.2) is 28.9 Å². The fourth-order valence-corrected chi connectivity index (χ4v) is 3.46. The second-order valence-electron chi connectivity index (χ2n) is 5.13. The molecule has 1 aromatic heterocycles. The van der Waals surface area contributed by atoms with Crippen LogP contribution in [-0.2, 0) is 6.54 Å². The number of nitrogens with one attached hydrogen (secondary N) is 2. The number of hydrogen-bond donors (Lipinski definition) is 2. The molecule has 94 valence electrons. The van der Waals surface area contributed by atoms with Crippen LogP contribution in [0.1, 0.15) is 37.8 Å². The number of rotatable bonds is 1. The fraction of sp³-hybridized carbons (Fsp3) is 0.750. The van der Waals surface area contributed by atoms with Crippen LogP contribution in [0.15, 0.2) is 4.47 Å². The van der Waals surface area contributed by atoms with Crippen molar-refractivity contribution in [2.45, 2.75) is 44.7 Å². The van der Waals surface area contributed by atoms with E-state index in [2.05, 4.69) is 38.2 Å². The molecule has 0 radical (unpaired) electrons. The summed E-state index contributed by atoms with van der Waals surface area (Å²) in [6.45, 7) is 5.49. The van der Waals surface area contributed by atoms with E-state index in [4.69, 9.17) is 5.10 Å². The van der Waals surface area contributed by atoms with Crippen LogP contribution >= 0.6 is 15.9 Å². The molecule has 1 atom stereocenters. The third kappa shape index (κ3) is 2.10. The van der Waals surface area contributed by atoms with Crippen molar-refractivity contribution in [2.75, 3.05) is 18.4 Å². The molecule has 2 aliphatic rings. The molecule has 0 aromatic carbocycles. The molecule has 3 rings (SSSR count). The lowest BCUT2D eigenvalue weighted by Crippen LogP contribution is -2.27. The Morgan fingerprint density at radius 2 is 2.06 bits per heavy atom. The quantitative estimate of drug-likeness (QED) is 0.836. The summed E-state index contributed by atoms with van der Waals surface area (Å²) >= 11 is 3.73. The first-order valence-electron chi connectivity index (χ1n) is 6.49. The van der Waals surface area contributed by atoms with Gasteiger partial charge in [0.05, 0.1) is 10.2 Å². The van der Waals surface area contributed by atoms with Gasteiger partial charge >= 0.3 is 0 Å². The van der Waals surface area contributed by atoms with E-state index in [1.165, 1.54) is 28.8 Å². The Kier molecular flexibility index (Phi) is 3.13. The van der Waals surface area contributed by atoms with Crippen LogP contribution < -0.4 is 10.6 Å². The van der Waals surface area contributed by atoms with Gasteiger partial charge < -0.3 is 10.6 Å². The summed E-state index contributed by atoms with van der Waals surface area (Å²) in [5.74, 6) is 1.79. The van der Waals surface area contributed by atoms with Crippen molar-refractivity contribution < 1.29 is 0 Å². The molecule has 4 nitrogen and oxygen atoms in total. The van der Waals surface area contributed by atoms with Crippen LogP contribution in [0.5, 0.6) is 0 Å². The lowest BCUT2D eigenvalue weighted by molar-refractivity contribution is 0.442. The molecule has 1 fully saturated rings. The minimum Gasteiger partial charge on any atom is -0.367 e. The molecule has 0 aliphatic carbocycles. The molecule has 1 saturated heterocycles. The average Bonchev–Trinajstić information content (AvgIpc) is 2.68. The van der Waals surface area contributed by atoms with Crippen molar-refractivity contribution in [3.8, 4) is 0 Å². The molecule has 5 heteroatoms. The highest BCUT2D eigenvalue weighted by Crippen LogP contribution is 2.37. The van der Waals surface area contributed by atoms with Gasteiger partial charge in [0.2, 0.25) is 0 Å². The lowest BCUT2D eigenvalue weighted by Gasteiger charge is -2.22. The maximum Gasteiger partial charge on any atom is 0.139 e. The van der Waals surface area contributed by atoms with Gasteiger partial charge in [-0.1, -0.05) is 0 Å². The molecular weight excluding hydrogens is 280 g/mol. The molecular formula is C12H19BrN4. The Bertz CT molecular complexity index is 409. The van der Waals surface area contributed by atoms with Gasteiger partial charge in [-0.05, 0) is 55.2 Å². The summed E-state index contributed by atoms with van der Waals surface area (Å²) in [5.41, 5.74) is 1.25. The maximum atomic E-state index is 4.79. The Labute approximate surface area is 110 Å². The highest BCUT2D eigenvalue weighted by Gasteiger charge is 2.26. The Morgan fingerprint density at radius 1 is 1.29 bits per heavy atom. The van der Waals surface area contributed by atoms with Gasteiger partial charge in [0.15, 0.2) is 0 Å². The zero-order chi connectivity index (χ0) is 11.8.